The van der Waals surface area contributed by atoms with Gasteiger partial charge in [-0.15, -0.1) is 0 Å². The highest BCUT2D eigenvalue weighted by Crippen LogP contribution is 2.22. The molecule has 1 unspecified atom stereocenters. The van der Waals surface area contributed by atoms with Crippen LogP contribution in [0.15, 0.2) is 66.7 Å². The number of hydrogen-bond acceptors (Lipinski definition) is 5. The van der Waals surface area contributed by atoms with Crippen molar-refractivity contribution in [2.75, 3.05) is 11.9 Å². The maximum absolute atomic E-state index is 13.0. The van der Waals surface area contributed by atoms with Gasteiger partial charge in [-0.2, -0.15) is 0 Å². The molecule has 34 heavy (non-hydrogen) atoms. The number of para-hydroxylation sites is 1. The molecule has 0 radical (unpaired) electrons. The Bertz CT molecular complexity index is 1160. The van der Waals surface area contributed by atoms with Crippen LogP contribution in [0.25, 0.3) is 0 Å². The van der Waals surface area contributed by atoms with Crippen LogP contribution in [-0.4, -0.2) is 30.4 Å². The van der Waals surface area contributed by atoms with Crippen LogP contribution in [0.3, 0.4) is 0 Å². The molecule has 0 aromatic heterocycles. The van der Waals surface area contributed by atoms with Crippen LogP contribution in [0.4, 0.5) is 10.1 Å². The van der Waals surface area contributed by atoms with Gasteiger partial charge in [-0.05, 0) is 80.4 Å². The topological polar surface area (TPSA) is 93.7 Å². The summed E-state index contributed by atoms with van der Waals surface area (Å²) >= 11 is 0. The fraction of sp³-hybridized carbons (Fsp3) is 0.192. The number of anilines is 1. The zero-order chi connectivity index (χ0) is 24.7. The molecule has 0 bridgehead atoms. The first kappa shape index (κ1) is 24.4. The number of rotatable bonds is 8. The molecule has 3 rings (SSSR count). The zero-order valence-corrected chi connectivity index (χ0v) is 19.1. The predicted octanol–water partition coefficient (Wildman–Crippen LogP) is 4.54. The van der Waals surface area contributed by atoms with Gasteiger partial charge in [-0.1, -0.05) is 18.2 Å². The average Bonchev–Trinajstić information content (AvgIpc) is 2.82. The quantitative estimate of drug-likeness (QED) is 0.478. The predicted molar refractivity (Wildman–Crippen MR) is 125 cm³/mol. The molecule has 1 atom stereocenters. The van der Waals surface area contributed by atoms with Gasteiger partial charge in [0.2, 0.25) is 5.91 Å². The minimum Gasteiger partial charge on any atom is -0.457 e. The molecule has 0 aliphatic carbocycles. The molecule has 176 valence electrons. The summed E-state index contributed by atoms with van der Waals surface area (Å²) in [5.74, 6) is -1.16. The number of nitrogens with one attached hydrogen (secondary N) is 2. The number of carbonyl (C=O) groups excluding carboxylic acids is 3. The van der Waals surface area contributed by atoms with Crippen LogP contribution in [0, 0.1) is 19.7 Å². The molecule has 2 amide bonds. The molecule has 2 N–H and O–H groups in total. The molecule has 0 aliphatic heterocycles. The first-order valence-corrected chi connectivity index (χ1v) is 10.6. The highest BCUT2D eigenvalue weighted by Gasteiger charge is 2.20. The fourth-order valence-corrected chi connectivity index (χ4v) is 3.09. The lowest BCUT2D eigenvalue weighted by molar-refractivity contribution is -0.130. The SMILES string of the molecule is Cc1cccc(C)c1NC(=O)CNC(=O)C(C)OC(=O)c1ccc(Oc2ccc(F)cc2)cc1. The van der Waals surface area contributed by atoms with Gasteiger partial charge in [-0.25, -0.2) is 9.18 Å². The molecule has 3 aromatic carbocycles. The molecule has 7 nitrogen and oxygen atoms in total. The van der Waals surface area contributed by atoms with Crippen LogP contribution in [0.5, 0.6) is 11.5 Å². The third-order valence-electron chi connectivity index (χ3n) is 4.96. The largest absolute Gasteiger partial charge is 0.457 e. The van der Waals surface area contributed by atoms with E-state index in [4.69, 9.17) is 9.47 Å². The van der Waals surface area contributed by atoms with Gasteiger partial charge in [0, 0.05) is 5.69 Å². The van der Waals surface area contributed by atoms with Gasteiger partial charge in [0.05, 0.1) is 12.1 Å². The van der Waals surface area contributed by atoms with Crippen LogP contribution in [-0.2, 0) is 14.3 Å². The maximum Gasteiger partial charge on any atom is 0.338 e. The summed E-state index contributed by atoms with van der Waals surface area (Å²) in [5, 5.41) is 5.24. The molecule has 0 spiro atoms. The Morgan fingerprint density at radius 1 is 0.882 bits per heavy atom. The Labute approximate surface area is 196 Å². The summed E-state index contributed by atoms with van der Waals surface area (Å²) in [6, 6.07) is 17.3. The molecule has 0 saturated heterocycles. The molecule has 0 aliphatic rings. The second-order valence-corrected chi connectivity index (χ2v) is 7.66. The number of aryl methyl sites for hydroxylation is 2. The smallest absolute Gasteiger partial charge is 0.338 e. The van der Waals surface area contributed by atoms with Crippen molar-refractivity contribution >= 4 is 23.5 Å². The first-order valence-electron chi connectivity index (χ1n) is 10.6. The summed E-state index contributed by atoms with van der Waals surface area (Å²) in [6.45, 7) is 4.92. The van der Waals surface area contributed by atoms with Crippen molar-refractivity contribution in [1.82, 2.24) is 5.32 Å². The minimum atomic E-state index is -1.10. The van der Waals surface area contributed by atoms with E-state index < -0.39 is 18.0 Å². The number of hydrogen-bond donors (Lipinski definition) is 2. The van der Waals surface area contributed by atoms with Gasteiger partial charge >= 0.3 is 5.97 Å². The number of benzene rings is 3. The number of esters is 1. The standard InChI is InChI=1S/C26H25FN2O5/c1-16-5-4-6-17(2)24(16)29-23(30)15-28-25(31)18(3)33-26(32)19-7-11-21(12-8-19)34-22-13-9-20(27)10-14-22/h4-14,18H,15H2,1-3H3,(H,28,31)(H,29,30). The van der Waals surface area contributed by atoms with Gasteiger partial charge < -0.3 is 20.1 Å². The van der Waals surface area contributed by atoms with Crippen molar-refractivity contribution in [2.24, 2.45) is 0 Å². The van der Waals surface area contributed by atoms with Crippen molar-refractivity contribution in [3.63, 3.8) is 0 Å². The van der Waals surface area contributed by atoms with Gasteiger partial charge in [0.1, 0.15) is 17.3 Å². The summed E-state index contributed by atoms with van der Waals surface area (Å²) < 4.78 is 23.7. The highest BCUT2D eigenvalue weighted by atomic mass is 19.1. The van der Waals surface area contributed by atoms with Crippen molar-refractivity contribution in [2.45, 2.75) is 26.9 Å². The second-order valence-electron chi connectivity index (χ2n) is 7.66. The Kier molecular flexibility index (Phi) is 7.97. The first-order chi connectivity index (χ1) is 16.2. The Morgan fingerprint density at radius 3 is 2.03 bits per heavy atom. The van der Waals surface area contributed by atoms with Crippen LogP contribution < -0.4 is 15.4 Å². The molecule has 3 aromatic rings. The molecule has 0 heterocycles. The zero-order valence-electron chi connectivity index (χ0n) is 19.1. The maximum atomic E-state index is 13.0. The normalized spacial score (nSPS) is 11.3. The van der Waals surface area contributed by atoms with Crippen molar-refractivity contribution in [1.29, 1.82) is 0 Å². The third kappa shape index (κ3) is 6.65. The third-order valence-corrected chi connectivity index (χ3v) is 4.96. The Morgan fingerprint density at radius 2 is 1.44 bits per heavy atom. The van der Waals surface area contributed by atoms with Crippen molar-refractivity contribution < 1.29 is 28.2 Å². The Balaban J connectivity index is 1.48. The lowest BCUT2D eigenvalue weighted by Crippen LogP contribution is -2.40. The van der Waals surface area contributed by atoms with Gasteiger partial charge in [0.25, 0.3) is 5.91 Å². The number of halogens is 1. The van der Waals surface area contributed by atoms with E-state index in [2.05, 4.69) is 10.6 Å². The molecule has 0 saturated carbocycles. The highest BCUT2D eigenvalue weighted by molar-refractivity contribution is 5.97. The van der Waals surface area contributed by atoms with E-state index in [1.54, 1.807) is 12.1 Å². The van der Waals surface area contributed by atoms with E-state index >= 15 is 0 Å². The summed E-state index contributed by atoms with van der Waals surface area (Å²) in [5.41, 5.74) is 2.75. The van der Waals surface area contributed by atoms with Gasteiger partial charge in [-0.3, -0.25) is 9.59 Å². The number of carbonyl (C=O) groups is 3. The van der Waals surface area contributed by atoms with E-state index in [0.29, 0.717) is 17.2 Å². The molecule has 8 heteroatoms. The summed E-state index contributed by atoms with van der Waals surface area (Å²) in [4.78, 5) is 36.8. The molecule has 0 fully saturated rings. The number of amides is 2. The number of ether oxygens (including phenoxy) is 2. The Hall–Kier alpha value is -4.20. The summed E-state index contributed by atoms with van der Waals surface area (Å²) in [6.07, 6.45) is -1.10. The van der Waals surface area contributed by atoms with E-state index in [0.717, 1.165) is 11.1 Å². The second kappa shape index (κ2) is 11.1. The van der Waals surface area contributed by atoms with Gasteiger partial charge in [0.15, 0.2) is 6.10 Å². The van der Waals surface area contributed by atoms with E-state index in [9.17, 15) is 18.8 Å². The molecular formula is C26H25FN2O5. The molecular weight excluding hydrogens is 439 g/mol. The van der Waals surface area contributed by atoms with Crippen LogP contribution in [0.2, 0.25) is 0 Å². The van der Waals surface area contributed by atoms with Crippen LogP contribution >= 0.6 is 0 Å². The fourth-order valence-electron chi connectivity index (χ4n) is 3.09. The lowest BCUT2D eigenvalue weighted by Gasteiger charge is -2.15. The summed E-state index contributed by atoms with van der Waals surface area (Å²) in [7, 11) is 0. The average molecular weight is 464 g/mol. The van der Waals surface area contributed by atoms with Crippen LogP contribution in [0.1, 0.15) is 28.4 Å². The van der Waals surface area contributed by atoms with E-state index in [1.165, 1.54) is 43.3 Å². The monoisotopic (exact) mass is 464 g/mol. The minimum absolute atomic E-state index is 0.221. The van der Waals surface area contributed by atoms with E-state index in [-0.39, 0.29) is 23.8 Å². The van der Waals surface area contributed by atoms with Crippen molar-refractivity contribution in [3.05, 3.63) is 89.2 Å². The van der Waals surface area contributed by atoms with E-state index in [1.807, 2.05) is 32.0 Å². The lowest BCUT2D eigenvalue weighted by atomic mass is 10.1. The van der Waals surface area contributed by atoms with Crippen molar-refractivity contribution in [3.8, 4) is 11.5 Å².